The fourth-order valence-electron chi connectivity index (χ4n) is 1.22. The van der Waals surface area contributed by atoms with Crippen LogP contribution in [0.15, 0.2) is 10.8 Å². The zero-order valence-electron chi connectivity index (χ0n) is 9.02. The number of aromatic nitrogens is 1. The Labute approximate surface area is 88.3 Å². The summed E-state index contributed by atoms with van der Waals surface area (Å²) < 4.78 is 4.98. The fourth-order valence-corrected chi connectivity index (χ4v) is 1.22. The van der Waals surface area contributed by atoms with E-state index in [-0.39, 0.29) is 17.6 Å². The maximum absolute atomic E-state index is 11.8. The normalized spacial score (nSPS) is 11.9. The van der Waals surface area contributed by atoms with Gasteiger partial charge in [0.05, 0.1) is 17.7 Å². The van der Waals surface area contributed by atoms with Gasteiger partial charge in [0.25, 0.3) is 5.91 Å². The summed E-state index contributed by atoms with van der Waals surface area (Å²) in [6.07, 6.45) is 1.24. The van der Waals surface area contributed by atoms with Crippen LogP contribution in [0.3, 0.4) is 0 Å². The summed E-state index contributed by atoms with van der Waals surface area (Å²) in [5, 5.41) is 8.63. The molecule has 0 saturated carbocycles. The third kappa shape index (κ3) is 2.56. The number of hydrogen-bond donors (Lipinski definition) is 0. The molecule has 80 valence electrons. The monoisotopic (exact) mass is 207 g/mol. The van der Waals surface area contributed by atoms with Crippen molar-refractivity contribution in [1.29, 1.82) is 5.26 Å². The molecule has 15 heavy (non-hydrogen) atoms. The van der Waals surface area contributed by atoms with Crippen LogP contribution in [0.5, 0.6) is 0 Å². The number of amides is 1. The molecular formula is C10H13N3O2. The summed E-state index contributed by atoms with van der Waals surface area (Å²) in [7, 11) is 1.64. The molecular weight excluding hydrogens is 194 g/mol. The molecule has 0 radical (unpaired) electrons. The van der Waals surface area contributed by atoms with Gasteiger partial charge in [-0.3, -0.25) is 4.79 Å². The van der Waals surface area contributed by atoms with E-state index < -0.39 is 0 Å². The van der Waals surface area contributed by atoms with Crippen LogP contribution in [-0.2, 0) is 0 Å². The number of aryl methyl sites for hydroxylation is 1. The van der Waals surface area contributed by atoms with Crippen molar-refractivity contribution in [3.05, 3.63) is 17.8 Å². The summed E-state index contributed by atoms with van der Waals surface area (Å²) in [5.41, 5.74) is 0.566. The number of nitriles is 1. The smallest absolute Gasteiger partial charge is 0.291 e. The zero-order chi connectivity index (χ0) is 11.4. The standard InChI is InChI=1S/C10H13N3O2/c1-7(4-11)5-13(3)10(14)9-8(2)12-6-15-9/h6-7H,5H2,1-3H3. The second kappa shape index (κ2) is 4.60. The Morgan fingerprint density at radius 2 is 2.47 bits per heavy atom. The fraction of sp³-hybridized carbons (Fsp3) is 0.500. The zero-order valence-corrected chi connectivity index (χ0v) is 9.02. The third-order valence-corrected chi connectivity index (χ3v) is 2.05. The average Bonchev–Trinajstić information content (AvgIpc) is 2.63. The number of oxazole rings is 1. The molecule has 0 bridgehead atoms. The lowest BCUT2D eigenvalue weighted by atomic mass is 10.2. The second-order valence-electron chi connectivity index (χ2n) is 3.48. The summed E-state index contributed by atoms with van der Waals surface area (Å²) in [5.74, 6) is -0.197. The van der Waals surface area contributed by atoms with Gasteiger partial charge in [-0.05, 0) is 13.8 Å². The van der Waals surface area contributed by atoms with Crippen LogP contribution in [0.25, 0.3) is 0 Å². The molecule has 0 fully saturated rings. The molecule has 1 aromatic heterocycles. The van der Waals surface area contributed by atoms with E-state index in [2.05, 4.69) is 11.1 Å². The van der Waals surface area contributed by atoms with Gasteiger partial charge in [-0.25, -0.2) is 4.98 Å². The largest absolute Gasteiger partial charge is 0.438 e. The molecule has 1 aromatic rings. The molecule has 1 heterocycles. The molecule has 0 aliphatic rings. The van der Waals surface area contributed by atoms with E-state index in [0.29, 0.717) is 12.2 Å². The van der Waals surface area contributed by atoms with Crippen molar-refractivity contribution in [3.8, 4) is 6.07 Å². The van der Waals surface area contributed by atoms with Crippen molar-refractivity contribution in [2.24, 2.45) is 5.92 Å². The molecule has 0 spiro atoms. The lowest BCUT2D eigenvalue weighted by Crippen LogP contribution is -2.30. The molecule has 0 aromatic carbocycles. The minimum Gasteiger partial charge on any atom is -0.438 e. The SMILES string of the molecule is Cc1ncoc1C(=O)N(C)CC(C)C#N. The predicted molar refractivity (Wildman–Crippen MR) is 53.0 cm³/mol. The minimum atomic E-state index is -0.243. The number of nitrogens with zero attached hydrogens (tertiary/aromatic N) is 3. The van der Waals surface area contributed by atoms with Crippen molar-refractivity contribution in [2.45, 2.75) is 13.8 Å². The highest BCUT2D eigenvalue weighted by atomic mass is 16.3. The van der Waals surface area contributed by atoms with Gasteiger partial charge in [-0.1, -0.05) is 0 Å². The summed E-state index contributed by atoms with van der Waals surface area (Å²) in [6.45, 7) is 3.85. The van der Waals surface area contributed by atoms with Crippen LogP contribution in [0.2, 0.25) is 0 Å². The van der Waals surface area contributed by atoms with Crippen LogP contribution in [-0.4, -0.2) is 29.4 Å². The van der Waals surface area contributed by atoms with Crippen molar-refractivity contribution < 1.29 is 9.21 Å². The Kier molecular flexibility index (Phi) is 3.45. The molecule has 1 amide bonds. The van der Waals surface area contributed by atoms with Crippen molar-refractivity contribution in [3.63, 3.8) is 0 Å². The summed E-state index contributed by atoms with van der Waals surface area (Å²) >= 11 is 0. The first-order chi connectivity index (χ1) is 7.06. The van der Waals surface area contributed by atoms with Crippen molar-refractivity contribution in [1.82, 2.24) is 9.88 Å². The van der Waals surface area contributed by atoms with Gasteiger partial charge >= 0.3 is 0 Å². The topological polar surface area (TPSA) is 70.1 Å². The lowest BCUT2D eigenvalue weighted by Gasteiger charge is -2.16. The van der Waals surface area contributed by atoms with E-state index in [1.165, 1.54) is 11.3 Å². The van der Waals surface area contributed by atoms with E-state index in [0.717, 1.165) is 0 Å². The van der Waals surface area contributed by atoms with Crippen LogP contribution < -0.4 is 0 Å². The number of rotatable bonds is 3. The first kappa shape index (κ1) is 11.2. The van der Waals surface area contributed by atoms with Gasteiger partial charge in [0.15, 0.2) is 6.39 Å². The first-order valence-corrected chi connectivity index (χ1v) is 4.61. The van der Waals surface area contributed by atoms with Crippen LogP contribution in [0.1, 0.15) is 23.2 Å². The quantitative estimate of drug-likeness (QED) is 0.747. The molecule has 1 atom stereocenters. The molecule has 5 nitrogen and oxygen atoms in total. The Bertz CT molecular complexity index is 392. The van der Waals surface area contributed by atoms with Crippen LogP contribution in [0.4, 0.5) is 0 Å². The Morgan fingerprint density at radius 1 is 1.80 bits per heavy atom. The van der Waals surface area contributed by atoms with Gasteiger partial charge in [0, 0.05) is 13.6 Å². The van der Waals surface area contributed by atoms with E-state index in [4.69, 9.17) is 9.68 Å². The Balaban J connectivity index is 2.70. The summed E-state index contributed by atoms with van der Waals surface area (Å²) in [6, 6.07) is 2.07. The van der Waals surface area contributed by atoms with Gasteiger partial charge in [-0.2, -0.15) is 5.26 Å². The van der Waals surface area contributed by atoms with E-state index in [1.54, 1.807) is 20.9 Å². The van der Waals surface area contributed by atoms with E-state index >= 15 is 0 Å². The van der Waals surface area contributed by atoms with Crippen molar-refractivity contribution >= 4 is 5.91 Å². The van der Waals surface area contributed by atoms with Gasteiger partial charge in [0.2, 0.25) is 5.76 Å². The Hall–Kier alpha value is -1.83. The van der Waals surface area contributed by atoms with Crippen LogP contribution >= 0.6 is 0 Å². The number of carbonyl (C=O) groups excluding carboxylic acids is 1. The van der Waals surface area contributed by atoms with Gasteiger partial charge in [0.1, 0.15) is 0 Å². The predicted octanol–water partition coefficient (Wildman–Crippen LogP) is 1.21. The molecule has 0 aliphatic carbocycles. The lowest BCUT2D eigenvalue weighted by molar-refractivity contribution is 0.0752. The first-order valence-electron chi connectivity index (χ1n) is 4.61. The van der Waals surface area contributed by atoms with Gasteiger partial charge < -0.3 is 9.32 Å². The van der Waals surface area contributed by atoms with Gasteiger partial charge in [-0.15, -0.1) is 0 Å². The third-order valence-electron chi connectivity index (χ3n) is 2.05. The molecule has 1 unspecified atom stereocenters. The molecule has 1 rings (SSSR count). The average molecular weight is 207 g/mol. The summed E-state index contributed by atoms with van der Waals surface area (Å²) in [4.78, 5) is 17.1. The molecule has 0 N–H and O–H groups in total. The molecule has 5 heteroatoms. The highest BCUT2D eigenvalue weighted by Gasteiger charge is 2.19. The van der Waals surface area contributed by atoms with E-state index in [1.807, 2.05) is 0 Å². The Morgan fingerprint density at radius 3 is 2.93 bits per heavy atom. The second-order valence-corrected chi connectivity index (χ2v) is 3.48. The van der Waals surface area contributed by atoms with Crippen molar-refractivity contribution in [2.75, 3.05) is 13.6 Å². The maximum Gasteiger partial charge on any atom is 0.291 e. The highest BCUT2D eigenvalue weighted by Crippen LogP contribution is 2.09. The number of hydrogen-bond acceptors (Lipinski definition) is 4. The van der Waals surface area contributed by atoms with Crippen LogP contribution in [0, 0.1) is 24.2 Å². The maximum atomic E-state index is 11.8. The molecule has 0 aliphatic heterocycles. The number of carbonyl (C=O) groups is 1. The highest BCUT2D eigenvalue weighted by molar-refractivity contribution is 5.92. The minimum absolute atomic E-state index is 0.192. The van der Waals surface area contributed by atoms with E-state index in [9.17, 15) is 4.79 Å². The molecule has 0 saturated heterocycles.